The van der Waals surface area contributed by atoms with E-state index in [4.69, 9.17) is 5.26 Å². The molecule has 0 amide bonds. The molecule has 16 heavy (non-hydrogen) atoms. The standard InChI is InChI=1S/C12H16N4/c1-2-14-11-15-7-10-16-8-4-12(3-6-13)5-9-16/h2-3,7,10-11H,4-5,8-9H2,1H3/b10-7+,14-2?,15-11?. The van der Waals surface area contributed by atoms with Crippen molar-refractivity contribution in [1.29, 1.82) is 5.26 Å². The molecule has 1 rings (SSSR count). The van der Waals surface area contributed by atoms with Crippen molar-refractivity contribution in [3.05, 3.63) is 24.0 Å². The summed E-state index contributed by atoms with van der Waals surface area (Å²) in [7, 11) is 0. The van der Waals surface area contributed by atoms with E-state index in [1.54, 1.807) is 18.5 Å². The summed E-state index contributed by atoms with van der Waals surface area (Å²) in [6.45, 7) is 3.76. The molecule has 1 aliphatic heterocycles. The Morgan fingerprint density at radius 3 is 2.69 bits per heavy atom. The Kier molecular flexibility index (Phi) is 5.64. The largest absolute Gasteiger partial charge is 0.375 e. The average molecular weight is 216 g/mol. The van der Waals surface area contributed by atoms with Gasteiger partial charge < -0.3 is 4.90 Å². The normalized spacial score (nSPS) is 17.5. The van der Waals surface area contributed by atoms with E-state index in [2.05, 4.69) is 21.0 Å². The Hall–Kier alpha value is -1.89. The average Bonchev–Trinajstić information content (AvgIpc) is 2.31. The summed E-state index contributed by atoms with van der Waals surface area (Å²) in [5.41, 5.74) is 1.24. The summed E-state index contributed by atoms with van der Waals surface area (Å²) in [5.74, 6) is 0. The number of piperidine rings is 1. The van der Waals surface area contributed by atoms with Crippen LogP contribution >= 0.6 is 0 Å². The maximum absolute atomic E-state index is 8.52. The van der Waals surface area contributed by atoms with Crippen molar-refractivity contribution in [3.63, 3.8) is 0 Å². The number of nitrogens with zero attached hydrogens (tertiary/aromatic N) is 4. The van der Waals surface area contributed by atoms with Crippen LogP contribution in [0.3, 0.4) is 0 Å². The van der Waals surface area contributed by atoms with Gasteiger partial charge in [-0.1, -0.05) is 5.57 Å². The van der Waals surface area contributed by atoms with E-state index < -0.39 is 0 Å². The zero-order valence-electron chi connectivity index (χ0n) is 9.50. The molecule has 0 aromatic heterocycles. The summed E-state index contributed by atoms with van der Waals surface area (Å²) >= 11 is 0. The maximum Gasteiger partial charge on any atom is 0.114 e. The van der Waals surface area contributed by atoms with Crippen LogP contribution in [0.25, 0.3) is 0 Å². The lowest BCUT2D eigenvalue weighted by atomic mass is 10.0. The van der Waals surface area contributed by atoms with Crippen LogP contribution in [0.1, 0.15) is 19.8 Å². The second-order valence-corrected chi connectivity index (χ2v) is 3.44. The van der Waals surface area contributed by atoms with E-state index in [0.29, 0.717) is 0 Å². The lowest BCUT2D eigenvalue weighted by molar-refractivity contribution is 0.349. The van der Waals surface area contributed by atoms with E-state index in [-0.39, 0.29) is 0 Å². The summed E-state index contributed by atoms with van der Waals surface area (Å²) in [6, 6.07) is 2.08. The van der Waals surface area contributed by atoms with E-state index in [1.807, 2.05) is 13.1 Å². The highest BCUT2D eigenvalue weighted by atomic mass is 15.1. The van der Waals surface area contributed by atoms with Gasteiger partial charge in [0, 0.05) is 37.8 Å². The monoisotopic (exact) mass is 216 g/mol. The van der Waals surface area contributed by atoms with Crippen LogP contribution in [0.5, 0.6) is 0 Å². The molecule has 0 spiro atoms. The summed E-state index contributed by atoms with van der Waals surface area (Å²) in [6.07, 6.45) is 10.5. The minimum Gasteiger partial charge on any atom is -0.375 e. The Morgan fingerprint density at radius 2 is 2.06 bits per heavy atom. The summed E-state index contributed by atoms with van der Waals surface area (Å²) in [4.78, 5) is 10.1. The van der Waals surface area contributed by atoms with Gasteiger partial charge in [-0.2, -0.15) is 5.26 Å². The van der Waals surface area contributed by atoms with Crippen LogP contribution in [-0.2, 0) is 0 Å². The predicted octanol–water partition coefficient (Wildman–Crippen LogP) is 2.12. The highest BCUT2D eigenvalue weighted by Gasteiger charge is 2.09. The molecular weight excluding hydrogens is 200 g/mol. The predicted molar refractivity (Wildman–Crippen MR) is 66.3 cm³/mol. The van der Waals surface area contributed by atoms with Gasteiger partial charge in [0.15, 0.2) is 0 Å². The Bertz CT molecular complexity index is 348. The number of allylic oxidation sites excluding steroid dienone is 1. The third-order valence-electron chi connectivity index (χ3n) is 2.35. The lowest BCUT2D eigenvalue weighted by Gasteiger charge is -2.26. The third kappa shape index (κ3) is 4.56. The van der Waals surface area contributed by atoms with Crippen molar-refractivity contribution in [2.24, 2.45) is 9.98 Å². The van der Waals surface area contributed by atoms with Gasteiger partial charge in [-0.05, 0) is 19.8 Å². The molecule has 84 valence electrons. The van der Waals surface area contributed by atoms with Crippen LogP contribution in [0.2, 0.25) is 0 Å². The molecular formula is C12H16N4. The maximum atomic E-state index is 8.52. The molecule has 0 aromatic rings. The molecule has 0 aromatic carbocycles. The lowest BCUT2D eigenvalue weighted by Crippen LogP contribution is -2.25. The topological polar surface area (TPSA) is 51.8 Å². The van der Waals surface area contributed by atoms with Crippen molar-refractivity contribution in [1.82, 2.24) is 4.90 Å². The van der Waals surface area contributed by atoms with E-state index in [1.165, 1.54) is 11.9 Å². The van der Waals surface area contributed by atoms with Gasteiger partial charge in [-0.15, -0.1) is 0 Å². The first kappa shape index (κ1) is 12.2. The second-order valence-electron chi connectivity index (χ2n) is 3.44. The van der Waals surface area contributed by atoms with Gasteiger partial charge in [-0.3, -0.25) is 0 Å². The van der Waals surface area contributed by atoms with Crippen molar-refractivity contribution < 1.29 is 0 Å². The fourth-order valence-electron chi connectivity index (χ4n) is 1.47. The van der Waals surface area contributed by atoms with E-state index in [9.17, 15) is 0 Å². The zero-order chi connectivity index (χ0) is 11.6. The Balaban J connectivity index is 2.32. The minimum atomic E-state index is 0.955. The molecule has 0 saturated carbocycles. The highest BCUT2D eigenvalue weighted by molar-refractivity contribution is 5.70. The van der Waals surface area contributed by atoms with Crippen LogP contribution in [0.15, 0.2) is 34.0 Å². The van der Waals surface area contributed by atoms with Crippen LogP contribution in [-0.4, -0.2) is 30.5 Å². The van der Waals surface area contributed by atoms with Gasteiger partial charge in [0.05, 0.1) is 6.07 Å². The number of aliphatic imine (C=N–C) groups is 2. The Morgan fingerprint density at radius 1 is 1.31 bits per heavy atom. The number of hydrogen-bond donors (Lipinski definition) is 0. The van der Waals surface area contributed by atoms with E-state index >= 15 is 0 Å². The van der Waals surface area contributed by atoms with Gasteiger partial charge in [0.2, 0.25) is 0 Å². The van der Waals surface area contributed by atoms with Crippen LogP contribution in [0, 0.1) is 11.3 Å². The third-order valence-corrected chi connectivity index (χ3v) is 2.35. The first-order valence-corrected chi connectivity index (χ1v) is 5.34. The molecule has 1 heterocycles. The smallest absolute Gasteiger partial charge is 0.114 e. The van der Waals surface area contributed by atoms with Crippen molar-refractivity contribution in [3.8, 4) is 6.07 Å². The first-order valence-electron chi connectivity index (χ1n) is 5.34. The molecule has 1 saturated heterocycles. The minimum absolute atomic E-state index is 0.955. The molecule has 0 bridgehead atoms. The molecule has 1 fully saturated rings. The van der Waals surface area contributed by atoms with Gasteiger partial charge >= 0.3 is 0 Å². The highest BCUT2D eigenvalue weighted by Crippen LogP contribution is 2.15. The van der Waals surface area contributed by atoms with Crippen molar-refractivity contribution in [2.45, 2.75) is 19.8 Å². The molecule has 1 aliphatic rings. The van der Waals surface area contributed by atoms with Crippen LogP contribution < -0.4 is 0 Å². The van der Waals surface area contributed by atoms with Gasteiger partial charge in [-0.25, -0.2) is 9.98 Å². The molecule has 0 unspecified atom stereocenters. The van der Waals surface area contributed by atoms with Gasteiger partial charge in [0.25, 0.3) is 0 Å². The van der Waals surface area contributed by atoms with Crippen molar-refractivity contribution in [2.75, 3.05) is 13.1 Å². The second kappa shape index (κ2) is 7.41. The molecule has 4 heteroatoms. The number of hydrogen-bond acceptors (Lipinski definition) is 3. The first-order chi connectivity index (χ1) is 7.86. The van der Waals surface area contributed by atoms with Crippen molar-refractivity contribution >= 4 is 12.6 Å². The molecule has 0 aliphatic carbocycles. The SMILES string of the molecule is CC=NC=N/C=C/N1CCC(=CC#N)CC1. The molecule has 0 atom stereocenters. The molecule has 0 radical (unpaired) electrons. The van der Waals surface area contributed by atoms with Crippen LogP contribution in [0.4, 0.5) is 0 Å². The Labute approximate surface area is 96.3 Å². The molecule has 0 N–H and O–H groups in total. The fraction of sp³-hybridized carbons (Fsp3) is 0.417. The van der Waals surface area contributed by atoms with Gasteiger partial charge in [0.1, 0.15) is 6.34 Å². The summed E-state index contributed by atoms with van der Waals surface area (Å²) < 4.78 is 0. The summed E-state index contributed by atoms with van der Waals surface area (Å²) in [5, 5.41) is 8.52. The number of rotatable bonds is 3. The number of nitriles is 1. The molecule has 4 nitrogen and oxygen atoms in total. The quantitative estimate of drug-likeness (QED) is 0.412. The zero-order valence-corrected chi connectivity index (χ0v) is 9.50. The fourth-order valence-corrected chi connectivity index (χ4v) is 1.47. The number of likely N-dealkylation sites (tertiary alicyclic amines) is 1. The van der Waals surface area contributed by atoms with E-state index in [0.717, 1.165) is 25.9 Å².